The zero-order valence-corrected chi connectivity index (χ0v) is 16.2. The van der Waals surface area contributed by atoms with Gasteiger partial charge in [-0.15, -0.1) is 0 Å². The normalized spacial score (nSPS) is 13.4. The van der Waals surface area contributed by atoms with Crippen LogP contribution in [0.15, 0.2) is 59.7 Å². The predicted octanol–water partition coefficient (Wildman–Crippen LogP) is 5.67. The van der Waals surface area contributed by atoms with Gasteiger partial charge in [0.2, 0.25) is 0 Å². The maximum Gasteiger partial charge on any atom is 0.0648 e. The van der Waals surface area contributed by atoms with Crippen molar-refractivity contribution in [1.29, 1.82) is 0 Å². The van der Waals surface area contributed by atoms with E-state index in [1.165, 1.54) is 0 Å². The fourth-order valence-electron chi connectivity index (χ4n) is 2.39. The van der Waals surface area contributed by atoms with Crippen LogP contribution in [0, 0.1) is 5.92 Å². The highest BCUT2D eigenvalue weighted by molar-refractivity contribution is 6.42. The van der Waals surface area contributed by atoms with Crippen LogP contribution in [0.5, 0.6) is 0 Å². The second-order valence-electron chi connectivity index (χ2n) is 6.18. The number of nitrogens with zero attached hydrogens (tertiary/aromatic N) is 2. The van der Waals surface area contributed by atoms with Gasteiger partial charge in [-0.3, -0.25) is 5.43 Å². The topological polar surface area (TPSA) is 27.6 Å². The highest BCUT2D eigenvalue weighted by Gasteiger charge is 2.10. The lowest BCUT2D eigenvalue weighted by Gasteiger charge is -2.17. The summed E-state index contributed by atoms with van der Waals surface area (Å²) in [5.74, 6) is 0.269. The van der Waals surface area contributed by atoms with Crippen LogP contribution >= 0.6 is 23.2 Å². The zero-order valence-electron chi connectivity index (χ0n) is 14.7. The molecule has 0 amide bonds. The molecular formula is C20H23Cl2N3. The van der Waals surface area contributed by atoms with Crippen molar-refractivity contribution in [1.82, 2.24) is 4.90 Å². The Bertz CT molecular complexity index is 740. The molecule has 0 saturated heterocycles. The van der Waals surface area contributed by atoms with E-state index in [2.05, 4.69) is 36.4 Å². The van der Waals surface area contributed by atoms with Gasteiger partial charge in [0.05, 0.1) is 21.4 Å². The number of allylic oxidation sites excluding steroid dienone is 1. The van der Waals surface area contributed by atoms with E-state index in [0.717, 1.165) is 23.5 Å². The average Bonchev–Trinajstić information content (AvgIpc) is 2.58. The molecule has 1 N–H and O–H groups in total. The first-order valence-electron chi connectivity index (χ1n) is 8.12. The minimum Gasteiger partial charge on any atom is -0.309 e. The van der Waals surface area contributed by atoms with E-state index in [9.17, 15) is 0 Å². The van der Waals surface area contributed by atoms with Crippen LogP contribution in [0.3, 0.4) is 0 Å². The van der Waals surface area contributed by atoms with Gasteiger partial charge in [-0.25, -0.2) is 0 Å². The predicted molar refractivity (Wildman–Crippen MR) is 111 cm³/mol. The number of para-hydroxylation sites is 1. The number of nitrogens with one attached hydrogen (secondary N) is 1. The number of hydrazone groups is 1. The molecule has 0 aliphatic heterocycles. The summed E-state index contributed by atoms with van der Waals surface area (Å²) < 4.78 is 0. The van der Waals surface area contributed by atoms with Crippen LogP contribution in [-0.4, -0.2) is 31.3 Å². The summed E-state index contributed by atoms with van der Waals surface area (Å²) >= 11 is 12.1. The largest absolute Gasteiger partial charge is 0.309 e. The molecule has 0 saturated carbocycles. The standard InChI is InChI=1S/C20H23Cl2N3/c1-15(14-25(2)3)20(24-23-17-7-5-4-6-8-17)12-10-16-9-11-18(21)19(22)13-16/h4-13,15,23H,14H2,1-3H3/b12-10+,24-20+/t15-/m0/s1. The van der Waals surface area contributed by atoms with Crippen molar-refractivity contribution in [2.75, 3.05) is 26.1 Å². The van der Waals surface area contributed by atoms with E-state index in [1.807, 2.05) is 54.6 Å². The number of rotatable bonds is 7. The fourth-order valence-corrected chi connectivity index (χ4v) is 2.70. The lowest BCUT2D eigenvalue weighted by Crippen LogP contribution is -2.25. The molecule has 0 unspecified atom stereocenters. The van der Waals surface area contributed by atoms with Gasteiger partial charge in [0, 0.05) is 12.5 Å². The Balaban J connectivity index is 2.20. The molecule has 0 aliphatic rings. The summed E-state index contributed by atoms with van der Waals surface area (Å²) in [6.07, 6.45) is 4.02. The van der Waals surface area contributed by atoms with E-state index in [0.29, 0.717) is 10.0 Å². The SMILES string of the molecule is C[C@@H](CN(C)C)C(/C=C/c1ccc(Cl)c(Cl)c1)=N/Nc1ccccc1. The molecule has 132 valence electrons. The maximum absolute atomic E-state index is 6.09. The minimum absolute atomic E-state index is 0.269. The second kappa shape index (κ2) is 9.62. The lowest BCUT2D eigenvalue weighted by atomic mass is 10.0. The van der Waals surface area contributed by atoms with E-state index in [-0.39, 0.29) is 5.92 Å². The Morgan fingerprint density at radius 2 is 1.84 bits per heavy atom. The molecule has 0 aromatic heterocycles. The summed E-state index contributed by atoms with van der Waals surface area (Å²) in [7, 11) is 4.11. The molecule has 2 aromatic rings. The third kappa shape index (κ3) is 6.54. The van der Waals surface area contributed by atoms with Crippen molar-refractivity contribution in [3.8, 4) is 0 Å². The Morgan fingerprint density at radius 3 is 2.48 bits per heavy atom. The van der Waals surface area contributed by atoms with E-state index < -0.39 is 0 Å². The average molecular weight is 376 g/mol. The molecule has 25 heavy (non-hydrogen) atoms. The first kappa shape index (κ1) is 19.5. The number of anilines is 1. The molecule has 0 heterocycles. The minimum atomic E-state index is 0.269. The molecule has 0 aliphatic carbocycles. The van der Waals surface area contributed by atoms with E-state index in [1.54, 1.807) is 6.07 Å². The summed E-state index contributed by atoms with van der Waals surface area (Å²) in [6, 6.07) is 15.5. The van der Waals surface area contributed by atoms with Crippen molar-refractivity contribution < 1.29 is 0 Å². The van der Waals surface area contributed by atoms with Crippen LogP contribution < -0.4 is 5.43 Å². The second-order valence-corrected chi connectivity index (χ2v) is 7.00. The zero-order chi connectivity index (χ0) is 18.2. The van der Waals surface area contributed by atoms with Crippen LogP contribution in [0.25, 0.3) is 6.08 Å². The number of hydrogen-bond acceptors (Lipinski definition) is 3. The molecule has 0 spiro atoms. The first-order chi connectivity index (χ1) is 12.0. The van der Waals surface area contributed by atoms with Crippen LogP contribution in [0.1, 0.15) is 12.5 Å². The first-order valence-corrected chi connectivity index (χ1v) is 8.88. The fraction of sp³-hybridized carbons (Fsp3) is 0.250. The van der Waals surface area contributed by atoms with Gasteiger partial charge in [-0.05, 0) is 50.0 Å². The quantitative estimate of drug-likeness (QED) is 0.498. The smallest absolute Gasteiger partial charge is 0.0648 e. The number of benzene rings is 2. The molecule has 3 nitrogen and oxygen atoms in total. The molecule has 1 atom stereocenters. The van der Waals surface area contributed by atoms with Gasteiger partial charge in [0.25, 0.3) is 0 Å². The van der Waals surface area contributed by atoms with Gasteiger partial charge in [-0.2, -0.15) is 5.10 Å². The third-order valence-corrected chi connectivity index (χ3v) is 4.36. The van der Waals surface area contributed by atoms with Crippen molar-refractivity contribution in [2.24, 2.45) is 11.0 Å². The van der Waals surface area contributed by atoms with Crippen molar-refractivity contribution in [2.45, 2.75) is 6.92 Å². The molecule has 5 heteroatoms. The lowest BCUT2D eigenvalue weighted by molar-refractivity contribution is 0.381. The summed E-state index contributed by atoms with van der Waals surface area (Å²) in [4.78, 5) is 2.15. The van der Waals surface area contributed by atoms with Gasteiger partial charge in [-0.1, -0.05) is 60.5 Å². The van der Waals surface area contributed by atoms with Gasteiger partial charge >= 0.3 is 0 Å². The van der Waals surface area contributed by atoms with Crippen molar-refractivity contribution in [3.05, 3.63) is 70.2 Å². The van der Waals surface area contributed by atoms with E-state index in [4.69, 9.17) is 23.2 Å². The van der Waals surface area contributed by atoms with Crippen molar-refractivity contribution >= 4 is 40.7 Å². The molecule has 0 fully saturated rings. The Labute approximate surface area is 160 Å². The number of hydrogen-bond donors (Lipinski definition) is 1. The molecular weight excluding hydrogens is 353 g/mol. The monoisotopic (exact) mass is 375 g/mol. The summed E-state index contributed by atoms with van der Waals surface area (Å²) in [5, 5.41) is 5.70. The summed E-state index contributed by atoms with van der Waals surface area (Å²) in [6.45, 7) is 3.06. The molecule has 0 bridgehead atoms. The van der Waals surface area contributed by atoms with Crippen LogP contribution in [-0.2, 0) is 0 Å². The third-order valence-electron chi connectivity index (χ3n) is 3.62. The Hall–Kier alpha value is -1.81. The Morgan fingerprint density at radius 1 is 1.12 bits per heavy atom. The van der Waals surface area contributed by atoms with Crippen LogP contribution in [0.4, 0.5) is 5.69 Å². The molecule has 2 rings (SSSR count). The van der Waals surface area contributed by atoms with Gasteiger partial charge in [0.15, 0.2) is 0 Å². The van der Waals surface area contributed by atoms with Crippen molar-refractivity contribution in [3.63, 3.8) is 0 Å². The number of halogens is 2. The van der Waals surface area contributed by atoms with Gasteiger partial charge < -0.3 is 4.90 Å². The van der Waals surface area contributed by atoms with Gasteiger partial charge in [0.1, 0.15) is 0 Å². The molecule has 0 radical (unpaired) electrons. The highest BCUT2D eigenvalue weighted by Crippen LogP contribution is 2.23. The van der Waals surface area contributed by atoms with E-state index >= 15 is 0 Å². The highest BCUT2D eigenvalue weighted by atomic mass is 35.5. The Kier molecular flexibility index (Phi) is 7.51. The van der Waals surface area contributed by atoms with Crippen LogP contribution in [0.2, 0.25) is 10.0 Å². The molecule has 2 aromatic carbocycles. The summed E-state index contributed by atoms with van der Waals surface area (Å²) in [5.41, 5.74) is 6.03. The maximum atomic E-state index is 6.09.